The minimum absolute atomic E-state index is 0.00235. The lowest BCUT2D eigenvalue weighted by atomic mass is 10.1. The standard InChI is InChI=1S/C18H19FN4O3/c19-12-3-1-2-11-15(24)8-13(22-16(11)12)18(26)23-7-6-20-9-14(23)17(25)21-10-4-5-10/h1-3,8,10,14,20H,4-7,9H2,(H,21,25)(H,22,24). The normalized spacial score (nSPS) is 20.2. The number of fused-ring (bicyclic) bond motifs is 1. The van der Waals surface area contributed by atoms with Crippen LogP contribution in [0.5, 0.6) is 0 Å². The van der Waals surface area contributed by atoms with E-state index in [0.29, 0.717) is 19.6 Å². The molecule has 8 heteroatoms. The number of rotatable bonds is 3. The van der Waals surface area contributed by atoms with Crippen LogP contribution in [0.2, 0.25) is 0 Å². The van der Waals surface area contributed by atoms with E-state index >= 15 is 0 Å². The van der Waals surface area contributed by atoms with Crippen LogP contribution in [0.4, 0.5) is 4.39 Å². The van der Waals surface area contributed by atoms with Crippen LogP contribution in [0, 0.1) is 5.82 Å². The van der Waals surface area contributed by atoms with E-state index in [-0.39, 0.29) is 28.5 Å². The van der Waals surface area contributed by atoms with E-state index < -0.39 is 23.2 Å². The largest absolute Gasteiger partial charge is 0.352 e. The third-order valence-corrected chi connectivity index (χ3v) is 4.78. The summed E-state index contributed by atoms with van der Waals surface area (Å²) in [5.41, 5.74) is -0.452. The number of halogens is 1. The van der Waals surface area contributed by atoms with Gasteiger partial charge in [-0.3, -0.25) is 14.4 Å². The predicted octanol–water partition coefficient (Wildman–Crippen LogP) is 0.360. The number of nitrogens with one attached hydrogen (secondary N) is 3. The lowest BCUT2D eigenvalue weighted by Crippen LogP contribution is -2.60. The summed E-state index contributed by atoms with van der Waals surface area (Å²) < 4.78 is 14.0. The Morgan fingerprint density at radius 3 is 2.85 bits per heavy atom. The molecule has 1 aromatic heterocycles. The van der Waals surface area contributed by atoms with Crippen molar-refractivity contribution >= 4 is 22.7 Å². The number of nitrogens with zero attached hydrogens (tertiary/aromatic N) is 1. The fourth-order valence-electron chi connectivity index (χ4n) is 3.21. The summed E-state index contributed by atoms with van der Waals surface area (Å²) in [6.07, 6.45) is 1.91. The van der Waals surface area contributed by atoms with Crippen molar-refractivity contribution in [3.05, 3.63) is 46.0 Å². The smallest absolute Gasteiger partial charge is 0.271 e. The molecule has 2 aliphatic rings. The van der Waals surface area contributed by atoms with E-state index in [0.717, 1.165) is 12.8 Å². The number of aromatic nitrogens is 1. The summed E-state index contributed by atoms with van der Waals surface area (Å²) in [6.45, 7) is 1.22. The zero-order valence-corrected chi connectivity index (χ0v) is 14.0. The van der Waals surface area contributed by atoms with Gasteiger partial charge in [-0.25, -0.2) is 4.39 Å². The molecule has 1 saturated carbocycles. The van der Waals surface area contributed by atoms with Crippen molar-refractivity contribution < 1.29 is 14.0 Å². The van der Waals surface area contributed by atoms with Crippen molar-refractivity contribution in [3.63, 3.8) is 0 Å². The summed E-state index contributed by atoms with van der Waals surface area (Å²) in [6, 6.07) is 4.88. The van der Waals surface area contributed by atoms with Gasteiger partial charge in [0.1, 0.15) is 17.6 Å². The summed E-state index contributed by atoms with van der Waals surface area (Å²) >= 11 is 0. The fraction of sp³-hybridized carbons (Fsp3) is 0.389. The molecule has 1 aliphatic carbocycles. The fourth-order valence-corrected chi connectivity index (χ4v) is 3.21. The Hall–Kier alpha value is -2.74. The molecule has 2 aromatic rings. The highest BCUT2D eigenvalue weighted by Gasteiger charge is 2.35. The Kier molecular flexibility index (Phi) is 4.20. The first-order chi connectivity index (χ1) is 12.5. The SMILES string of the molecule is O=C(NC1CC1)C1CNCCN1C(=O)c1cc(=O)c2cccc(F)c2[nH]1. The number of piperazine rings is 1. The third-order valence-electron chi connectivity index (χ3n) is 4.78. The summed E-state index contributed by atoms with van der Waals surface area (Å²) in [5.74, 6) is -1.29. The Labute approximate surface area is 148 Å². The minimum Gasteiger partial charge on any atom is -0.352 e. The van der Waals surface area contributed by atoms with Gasteiger partial charge in [0.15, 0.2) is 5.43 Å². The first kappa shape index (κ1) is 16.7. The maximum atomic E-state index is 14.0. The van der Waals surface area contributed by atoms with E-state index in [1.165, 1.54) is 29.2 Å². The van der Waals surface area contributed by atoms with Gasteiger partial charge in [0, 0.05) is 37.1 Å². The average Bonchev–Trinajstić information content (AvgIpc) is 3.46. The van der Waals surface area contributed by atoms with Crippen molar-refractivity contribution in [1.82, 2.24) is 20.5 Å². The molecule has 136 valence electrons. The molecule has 0 bridgehead atoms. The molecule has 7 nitrogen and oxygen atoms in total. The average molecular weight is 358 g/mol. The van der Waals surface area contributed by atoms with E-state index in [4.69, 9.17) is 0 Å². The highest BCUT2D eigenvalue weighted by Crippen LogP contribution is 2.20. The van der Waals surface area contributed by atoms with Gasteiger partial charge >= 0.3 is 0 Å². The number of carbonyl (C=O) groups is 2. The number of amides is 2. The molecule has 1 aromatic carbocycles. The number of benzene rings is 1. The van der Waals surface area contributed by atoms with Crippen LogP contribution in [0.3, 0.4) is 0 Å². The number of carbonyl (C=O) groups excluding carboxylic acids is 2. The van der Waals surface area contributed by atoms with Gasteiger partial charge in [0.05, 0.1) is 5.52 Å². The number of pyridine rings is 1. The van der Waals surface area contributed by atoms with Crippen LogP contribution < -0.4 is 16.1 Å². The molecule has 26 heavy (non-hydrogen) atoms. The Balaban J connectivity index is 1.66. The van der Waals surface area contributed by atoms with Crippen molar-refractivity contribution in [2.75, 3.05) is 19.6 Å². The van der Waals surface area contributed by atoms with Crippen LogP contribution in [0.1, 0.15) is 23.3 Å². The van der Waals surface area contributed by atoms with E-state index in [1.54, 1.807) is 0 Å². The zero-order valence-electron chi connectivity index (χ0n) is 14.0. The molecule has 1 unspecified atom stereocenters. The zero-order chi connectivity index (χ0) is 18.3. The van der Waals surface area contributed by atoms with Crippen molar-refractivity contribution in [2.45, 2.75) is 24.9 Å². The topological polar surface area (TPSA) is 94.3 Å². The molecule has 1 atom stereocenters. The Morgan fingerprint density at radius 2 is 2.08 bits per heavy atom. The van der Waals surface area contributed by atoms with Gasteiger partial charge in [0.2, 0.25) is 5.91 Å². The van der Waals surface area contributed by atoms with Gasteiger partial charge < -0.3 is 20.5 Å². The molecule has 4 rings (SSSR count). The lowest BCUT2D eigenvalue weighted by molar-refractivity contribution is -0.126. The quantitative estimate of drug-likeness (QED) is 0.738. The third kappa shape index (κ3) is 3.08. The molecule has 1 aliphatic heterocycles. The van der Waals surface area contributed by atoms with E-state index in [1.807, 2.05) is 0 Å². The number of hydrogen-bond donors (Lipinski definition) is 3. The van der Waals surface area contributed by atoms with E-state index in [9.17, 15) is 18.8 Å². The van der Waals surface area contributed by atoms with Crippen LogP contribution >= 0.6 is 0 Å². The second-order valence-electron chi connectivity index (χ2n) is 6.71. The Bertz CT molecular complexity index is 938. The maximum Gasteiger partial charge on any atom is 0.271 e. The van der Waals surface area contributed by atoms with Gasteiger partial charge in [-0.2, -0.15) is 0 Å². The number of para-hydroxylation sites is 1. The van der Waals surface area contributed by atoms with Crippen molar-refractivity contribution in [2.24, 2.45) is 0 Å². The second kappa shape index (κ2) is 6.53. The van der Waals surface area contributed by atoms with Crippen LogP contribution in [-0.2, 0) is 4.79 Å². The van der Waals surface area contributed by atoms with Gasteiger partial charge in [-0.1, -0.05) is 6.07 Å². The number of hydrogen-bond acceptors (Lipinski definition) is 4. The summed E-state index contributed by atoms with van der Waals surface area (Å²) in [4.78, 5) is 41.8. The first-order valence-electron chi connectivity index (χ1n) is 8.68. The predicted molar refractivity (Wildman–Crippen MR) is 93.4 cm³/mol. The van der Waals surface area contributed by atoms with E-state index in [2.05, 4.69) is 15.6 Å². The number of aromatic amines is 1. The van der Waals surface area contributed by atoms with Gasteiger partial charge in [0.25, 0.3) is 5.91 Å². The first-order valence-corrected chi connectivity index (χ1v) is 8.68. The highest BCUT2D eigenvalue weighted by atomic mass is 19.1. The number of H-pyrrole nitrogens is 1. The van der Waals surface area contributed by atoms with Crippen LogP contribution in [0.15, 0.2) is 29.1 Å². The molecular weight excluding hydrogens is 339 g/mol. The maximum absolute atomic E-state index is 14.0. The molecular formula is C18H19FN4O3. The van der Waals surface area contributed by atoms with Crippen LogP contribution in [0.25, 0.3) is 10.9 Å². The second-order valence-corrected chi connectivity index (χ2v) is 6.71. The van der Waals surface area contributed by atoms with Crippen LogP contribution in [-0.4, -0.2) is 53.4 Å². The molecule has 0 spiro atoms. The van der Waals surface area contributed by atoms with Gasteiger partial charge in [-0.05, 0) is 25.0 Å². The molecule has 0 radical (unpaired) electrons. The molecule has 2 heterocycles. The lowest BCUT2D eigenvalue weighted by Gasteiger charge is -2.35. The highest BCUT2D eigenvalue weighted by molar-refractivity contribution is 5.98. The van der Waals surface area contributed by atoms with Crippen molar-refractivity contribution in [1.29, 1.82) is 0 Å². The van der Waals surface area contributed by atoms with Gasteiger partial charge in [-0.15, -0.1) is 0 Å². The Morgan fingerprint density at radius 1 is 1.27 bits per heavy atom. The molecule has 3 N–H and O–H groups in total. The monoisotopic (exact) mass is 358 g/mol. The molecule has 2 fully saturated rings. The molecule has 2 amide bonds. The minimum atomic E-state index is -0.656. The summed E-state index contributed by atoms with van der Waals surface area (Å²) in [7, 11) is 0. The molecule has 1 saturated heterocycles. The van der Waals surface area contributed by atoms with Crippen molar-refractivity contribution in [3.8, 4) is 0 Å². The summed E-state index contributed by atoms with van der Waals surface area (Å²) in [5, 5.41) is 6.20.